The van der Waals surface area contributed by atoms with Crippen LogP contribution in [0.15, 0.2) is 54.9 Å². The number of tetrazole rings is 1. The van der Waals surface area contributed by atoms with Crippen molar-refractivity contribution in [3.05, 3.63) is 66.0 Å². The van der Waals surface area contributed by atoms with Gasteiger partial charge in [-0.15, -0.1) is 5.10 Å². The first kappa shape index (κ1) is 16.5. The fourth-order valence-electron chi connectivity index (χ4n) is 2.05. The van der Waals surface area contributed by atoms with Gasteiger partial charge in [0.1, 0.15) is 18.7 Å². The van der Waals surface area contributed by atoms with Crippen LogP contribution >= 0.6 is 0 Å². The lowest BCUT2D eigenvalue weighted by Gasteiger charge is -2.08. The topological polar surface area (TPSA) is 79.1 Å². The van der Waals surface area contributed by atoms with Gasteiger partial charge in [-0.05, 0) is 46.3 Å². The Hall–Kier alpha value is -3.36. The molecule has 0 saturated heterocycles. The van der Waals surface area contributed by atoms with E-state index in [0.29, 0.717) is 16.8 Å². The number of aromatic nitrogens is 4. The molecule has 0 atom stereocenters. The van der Waals surface area contributed by atoms with Crippen molar-refractivity contribution in [1.82, 2.24) is 20.2 Å². The molecule has 0 aliphatic carbocycles. The smallest absolute Gasteiger partial charge is 0.387 e. The normalized spacial score (nSPS) is 10.7. The van der Waals surface area contributed by atoms with Gasteiger partial charge in [0.25, 0.3) is 0 Å². The Labute approximate surface area is 140 Å². The van der Waals surface area contributed by atoms with Crippen LogP contribution in [0.25, 0.3) is 5.69 Å². The minimum atomic E-state index is -2.88. The third kappa shape index (κ3) is 4.34. The van der Waals surface area contributed by atoms with E-state index < -0.39 is 12.6 Å². The summed E-state index contributed by atoms with van der Waals surface area (Å²) in [5, 5.41) is 10.8. The average molecular weight is 346 g/mol. The molecule has 2 aromatic carbocycles. The largest absolute Gasteiger partial charge is 0.457 e. The molecule has 25 heavy (non-hydrogen) atoms. The van der Waals surface area contributed by atoms with E-state index in [4.69, 9.17) is 4.74 Å². The number of hydrogen-bond acceptors (Lipinski definition) is 6. The highest BCUT2D eigenvalue weighted by Crippen LogP contribution is 2.16. The standard InChI is InChI=1S/C16H12F2N4O3/c17-16(18)25-14-6-4-11(5-7-14)9-24-15(23)12-2-1-3-13(8-12)22-10-19-20-21-22/h1-8,10,16H,9H2. The van der Waals surface area contributed by atoms with Crippen LogP contribution in [0.2, 0.25) is 0 Å². The molecule has 0 bridgehead atoms. The van der Waals surface area contributed by atoms with Crippen molar-refractivity contribution in [3.63, 3.8) is 0 Å². The fraction of sp³-hybridized carbons (Fsp3) is 0.125. The number of alkyl halides is 2. The lowest BCUT2D eigenvalue weighted by atomic mass is 10.2. The molecule has 1 aromatic heterocycles. The molecule has 9 heteroatoms. The number of carbonyl (C=O) groups excluding carboxylic acids is 1. The number of carbonyl (C=O) groups is 1. The van der Waals surface area contributed by atoms with Gasteiger partial charge in [0.15, 0.2) is 0 Å². The van der Waals surface area contributed by atoms with Gasteiger partial charge < -0.3 is 9.47 Å². The first-order chi connectivity index (χ1) is 12.1. The quantitative estimate of drug-likeness (QED) is 0.639. The highest BCUT2D eigenvalue weighted by atomic mass is 19.3. The van der Waals surface area contributed by atoms with E-state index in [-0.39, 0.29) is 12.4 Å². The molecule has 3 rings (SSSR count). The molecular formula is C16H12F2N4O3. The molecule has 128 valence electrons. The summed E-state index contributed by atoms with van der Waals surface area (Å²) in [5.41, 5.74) is 1.60. The minimum Gasteiger partial charge on any atom is -0.457 e. The van der Waals surface area contributed by atoms with Crippen LogP contribution < -0.4 is 4.74 Å². The van der Waals surface area contributed by atoms with Crippen LogP contribution in [0, 0.1) is 0 Å². The predicted molar refractivity (Wildman–Crippen MR) is 81.3 cm³/mol. The maximum absolute atomic E-state index is 12.1. The van der Waals surface area contributed by atoms with Crippen molar-refractivity contribution in [2.75, 3.05) is 0 Å². The van der Waals surface area contributed by atoms with Gasteiger partial charge in [0.05, 0.1) is 11.3 Å². The van der Waals surface area contributed by atoms with Gasteiger partial charge in [-0.3, -0.25) is 0 Å². The first-order valence-electron chi connectivity index (χ1n) is 7.16. The Balaban J connectivity index is 1.62. The zero-order valence-corrected chi connectivity index (χ0v) is 12.8. The number of benzene rings is 2. The van der Waals surface area contributed by atoms with Crippen LogP contribution in [-0.2, 0) is 11.3 Å². The zero-order chi connectivity index (χ0) is 17.6. The Morgan fingerprint density at radius 3 is 2.64 bits per heavy atom. The summed E-state index contributed by atoms with van der Waals surface area (Å²) >= 11 is 0. The highest BCUT2D eigenvalue weighted by molar-refractivity contribution is 5.90. The van der Waals surface area contributed by atoms with Crippen LogP contribution in [0.5, 0.6) is 5.75 Å². The SMILES string of the molecule is O=C(OCc1ccc(OC(F)F)cc1)c1cccc(-n2cnnn2)c1. The highest BCUT2D eigenvalue weighted by Gasteiger charge is 2.10. The van der Waals surface area contributed by atoms with Crippen LogP contribution in [0.4, 0.5) is 8.78 Å². The van der Waals surface area contributed by atoms with E-state index in [0.717, 1.165) is 0 Å². The van der Waals surface area contributed by atoms with E-state index in [1.165, 1.54) is 23.1 Å². The molecule has 0 saturated carbocycles. The number of rotatable bonds is 6. The summed E-state index contributed by atoms with van der Waals surface area (Å²) in [5.74, 6) is -0.484. The van der Waals surface area contributed by atoms with E-state index in [2.05, 4.69) is 20.3 Å². The molecule has 0 radical (unpaired) electrons. The summed E-state index contributed by atoms with van der Waals surface area (Å²) in [6, 6.07) is 12.5. The second-order valence-electron chi connectivity index (χ2n) is 4.90. The maximum atomic E-state index is 12.1. The summed E-state index contributed by atoms with van der Waals surface area (Å²) in [6.45, 7) is -2.88. The molecule has 0 amide bonds. The summed E-state index contributed by atoms with van der Waals surface area (Å²) in [4.78, 5) is 12.1. The lowest BCUT2D eigenvalue weighted by molar-refractivity contribution is -0.0498. The monoisotopic (exact) mass is 346 g/mol. The first-order valence-corrected chi connectivity index (χ1v) is 7.16. The molecule has 0 N–H and O–H groups in total. The Morgan fingerprint density at radius 1 is 1.16 bits per heavy atom. The molecular weight excluding hydrogens is 334 g/mol. The fourth-order valence-corrected chi connectivity index (χ4v) is 2.05. The summed E-state index contributed by atoms with van der Waals surface area (Å²) in [7, 11) is 0. The molecule has 0 aliphatic rings. The molecule has 7 nitrogen and oxygen atoms in total. The lowest BCUT2D eigenvalue weighted by Crippen LogP contribution is -2.07. The van der Waals surface area contributed by atoms with Gasteiger partial charge in [0.2, 0.25) is 0 Å². The van der Waals surface area contributed by atoms with E-state index in [9.17, 15) is 13.6 Å². The van der Waals surface area contributed by atoms with E-state index >= 15 is 0 Å². The number of ether oxygens (including phenoxy) is 2. The number of halogens is 2. The summed E-state index contributed by atoms with van der Waals surface area (Å²) in [6.07, 6.45) is 1.41. The second kappa shape index (κ2) is 7.47. The molecule has 0 aliphatic heterocycles. The number of nitrogens with zero attached hydrogens (tertiary/aromatic N) is 4. The van der Waals surface area contributed by atoms with Gasteiger partial charge >= 0.3 is 12.6 Å². The Morgan fingerprint density at radius 2 is 1.96 bits per heavy atom. The van der Waals surface area contributed by atoms with Crippen molar-refractivity contribution < 1.29 is 23.0 Å². The Kier molecular flexibility index (Phi) is 4.93. The Bertz CT molecular complexity index is 839. The van der Waals surface area contributed by atoms with Crippen molar-refractivity contribution in [2.45, 2.75) is 13.2 Å². The zero-order valence-electron chi connectivity index (χ0n) is 12.8. The molecule has 1 heterocycles. The third-order valence-electron chi connectivity index (χ3n) is 3.21. The number of hydrogen-bond donors (Lipinski definition) is 0. The van der Waals surface area contributed by atoms with Crippen molar-refractivity contribution in [2.24, 2.45) is 0 Å². The van der Waals surface area contributed by atoms with Crippen LogP contribution in [0.1, 0.15) is 15.9 Å². The van der Waals surface area contributed by atoms with Crippen molar-refractivity contribution in [1.29, 1.82) is 0 Å². The van der Waals surface area contributed by atoms with Crippen molar-refractivity contribution in [3.8, 4) is 11.4 Å². The van der Waals surface area contributed by atoms with Gasteiger partial charge in [-0.25, -0.2) is 9.48 Å². The van der Waals surface area contributed by atoms with Gasteiger partial charge in [-0.1, -0.05) is 18.2 Å². The molecule has 0 fully saturated rings. The maximum Gasteiger partial charge on any atom is 0.387 e. The average Bonchev–Trinajstić information content (AvgIpc) is 3.15. The van der Waals surface area contributed by atoms with E-state index in [1.807, 2.05) is 0 Å². The van der Waals surface area contributed by atoms with Crippen molar-refractivity contribution >= 4 is 5.97 Å². The molecule has 3 aromatic rings. The second-order valence-corrected chi connectivity index (χ2v) is 4.90. The van der Waals surface area contributed by atoms with Gasteiger partial charge in [-0.2, -0.15) is 8.78 Å². The van der Waals surface area contributed by atoms with Crippen LogP contribution in [-0.4, -0.2) is 32.8 Å². The summed E-state index contributed by atoms with van der Waals surface area (Å²) < 4.78 is 35.1. The van der Waals surface area contributed by atoms with Crippen LogP contribution in [0.3, 0.4) is 0 Å². The molecule has 0 spiro atoms. The third-order valence-corrected chi connectivity index (χ3v) is 3.21. The van der Waals surface area contributed by atoms with Gasteiger partial charge in [0, 0.05) is 0 Å². The number of esters is 1. The molecule has 0 unspecified atom stereocenters. The predicted octanol–water partition coefficient (Wildman–Crippen LogP) is 2.62. The minimum absolute atomic E-state index is 0.00288. The van der Waals surface area contributed by atoms with E-state index in [1.54, 1.807) is 36.4 Å².